The SMILES string of the molecule is CC(=O)n1cc(O[C@@H]2O[C@H](CO)[C@@H](O)[C@@H](O)[C@H]2O)c2ccccc21. The van der Waals surface area contributed by atoms with Crippen LogP contribution in [0.25, 0.3) is 10.9 Å². The molecule has 0 saturated carbocycles. The normalized spacial score (nSPS) is 30.5. The van der Waals surface area contributed by atoms with Crippen LogP contribution in [0.4, 0.5) is 0 Å². The van der Waals surface area contributed by atoms with Crippen molar-refractivity contribution in [1.82, 2.24) is 4.57 Å². The molecule has 1 aromatic heterocycles. The van der Waals surface area contributed by atoms with Gasteiger partial charge in [0, 0.05) is 12.3 Å². The summed E-state index contributed by atoms with van der Waals surface area (Å²) in [6.07, 6.45) is -5.39. The maximum Gasteiger partial charge on any atom is 0.229 e. The zero-order valence-electron chi connectivity index (χ0n) is 12.9. The minimum Gasteiger partial charge on any atom is -0.460 e. The average molecular weight is 337 g/mol. The summed E-state index contributed by atoms with van der Waals surface area (Å²) in [7, 11) is 0. The lowest BCUT2D eigenvalue weighted by atomic mass is 9.99. The molecular weight excluding hydrogens is 318 g/mol. The van der Waals surface area contributed by atoms with E-state index in [4.69, 9.17) is 9.47 Å². The quantitative estimate of drug-likeness (QED) is 0.594. The third kappa shape index (κ3) is 2.79. The van der Waals surface area contributed by atoms with Crippen molar-refractivity contribution in [2.45, 2.75) is 37.6 Å². The van der Waals surface area contributed by atoms with E-state index in [9.17, 15) is 25.2 Å². The molecule has 0 bridgehead atoms. The molecule has 4 N–H and O–H groups in total. The summed E-state index contributed by atoms with van der Waals surface area (Å²) in [4.78, 5) is 11.7. The van der Waals surface area contributed by atoms with Crippen LogP contribution in [-0.2, 0) is 4.74 Å². The molecule has 0 unspecified atom stereocenters. The average Bonchev–Trinajstić information content (AvgIpc) is 2.94. The minimum atomic E-state index is -1.53. The molecular formula is C16H19NO7. The fourth-order valence-electron chi connectivity index (χ4n) is 2.79. The molecule has 8 heteroatoms. The molecule has 0 spiro atoms. The van der Waals surface area contributed by atoms with Crippen molar-refractivity contribution in [3.63, 3.8) is 0 Å². The van der Waals surface area contributed by atoms with E-state index in [1.165, 1.54) is 17.7 Å². The Labute approximate surface area is 137 Å². The van der Waals surface area contributed by atoms with Gasteiger partial charge in [0.15, 0.2) is 0 Å². The van der Waals surface area contributed by atoms with E-state index in [0.717, 1.165) is 0 Å². The maximum absolute atomic E-state index is 11.7. The lowest BCUT2D eigenvalue weighted by Crippen LogP contribution is -2.60. The van der Waals surface area contributed by atoms with Crippen LogP contribution in [0.15, 0.2) is 30.5 Å². The van der Waals surface area contributed by atoms with Crippen LogP contribution in [0.1, 0.15) is 11.7 Å². The number of carbonyl (C=O) groups is 1. The largest absolute Gasteiger partial charge is 0.460 e. The van der Waals surface area contributed by atoms with Crippen LogP contribution in [0.3, 0.4) is 0 Å². The van der Waals surface area contributed by atoms with Gasteiger partial charge in [-0.15, -0.1) is 0 Å². The molecule has 0 aliphatic carbocycles. The highest BCUT2D eigenvalue weighted by molar-refractivity contribution is 5.95. The third-order valence-electron chi connectivity index (χ3n) is 4.11. The van der Waals surface area contributed by atoms with Gasteiger partial charge in [0.2, 0.25) is 12.2 Å². The number of para-hydroxylation sites is 1. The highest BCUT2D eigenvalue weighted by Crippen LogP contribution is 2.31. The highest BCUT2D eigenvalue weighted by atomic mass is 16.7. The fourth-order valence-corrected chi connectivity index (χ4v) is 2.79. The lowest BCUT2D eigenvalue weighted by Gasteiger charge is -2.39. The van der Waals surface area contributed by atoms with Gasteiger partial charge in [0.05, 0.1) is 18.3 Å². The molecule has 5 atom stereocenters. The topological polar surface area (TPSA) is 121 Å². The Morgan fingerprint density at radius 1 is 1.21 bits per heavy atom. The Kier molecular flexibility index (Phi) is 4.57. The van der Waals surface area contributed by atoms with E-state index in [1.807, 2.05) is 0 Å². The molecule has 0 amide bonds. The first kappa shape index (κ1) is 16.9. The third-order valence-corrected chi connectivity index (χ3v) is 4.11. The summed E-state index contributed by atoms with van der Waals surface area (Å²) < 4.78 is 12.4. The molecule has 2 heterocycles. The van der Waals surface area contributed by atoms with Crippen LogP contribution in [-0.4, -0.2) is 68.2 Å². The molecule has 8 nitrogen and oxygen atoms in total. The van der Waals surface area contributed by atoms with Gasteiger partial charge in [-0.05, 0) is 12.1 Å². The molecule has 1 saturated heterocycles. The van der Waals surface area contributed by atoms with E-state index >= 15 is 0 Å². The number of fused-ring (bicyclic) bond motifs is 1. The number of aromatic nitrogens is 1. The molecule has 130 valence electrons. The Hall–Kier alpha value is -1.97. The molecule has 3 rings (SSSR count). The van der Waals surface area contributed by atoms with E-state index in [1.54, 1.807) is 24.3 Å². The number of aliphatic hydroxyl groups excluding tert-OH is 4. The van der Waals surface area contributed by atoms with Crippen molar-refractivity contribution >= 4 is 16.8 Å². The fraction of sp³-hybridized carbons (Fsp3) is 0.438. The first-order valence-corrected chi connectivity index (χ1v) is 7.52. The van der Waals surface area contributed by atoms with E-state index < -0.39 is 37.3 Å². The van der Waals surface area contributed by atoms with Crippen LogP contribution in [0.5, 0.6) is 5.75 Å². The number of benzene rings is 1. The first-order valence-electron chi connectivity index (χ1n) is 7.52. The van der Waals surface area contributed by atoms with Gasteiger partial charge in [0.1, 0.15) is 30.2 Å². The first-order chi connectivity index (χ1) is 11.4. The predicted octanol–water partition coefficient (Wildman–Crippen LogP) is -0.520. The second kappa shape index (κ2) is 6.50. The van der Waals surface area contributed by atoms with Crippen molar-refractivity contribution in [3.8, 4) is 5.75 Å². The molecule has 0 radical (unpaired) electrons. The monoisotopic (exact) mass is 337 g/mol. The van der Waals surface area contributed by atoms with E-state index in [-0.39, 0.29) is 11.7 Å². The summed E-state index contributed by atoms with van der Waals surface area (Å²) in [5, 5.41) is 39.5. The molecule has 1 aliphatic rings. The van der Waals surface area contributed by atoms with Crippen molar-refractivity contribution < 1.29 is 34.7 Å². The van der Waals surface area contributed by atoms with E-state index in [0.29, 0.717) is 10.9 Å². The summed E-state index contributed by atoms with van der Waals surface area (Å²) in [6, 6.07) is 7.04. The number of ether oxygens (including phenoxy) is 2. The second-order valence-electron chi connectivity index (χ2n) is 5.71. The van der Waals surface area contributed by atoms with Gasteiger partial charge in [-0.3, -0.25) is 9.36 Å². The molecule has 2 aromatic rings. The molecule has 24 heavy (non-hydrogen) atoms. The zero-order valence-corrected chi connectivity index (χ0v) is 12.9. The molecule has 1 aromatic carbocycles. The van der Waals surface area contributed by atoms with Gasteiger partial charge >= 0.3 is 0 Å². The van der Waals surface area contributed by atoms with Crippen molar-refractivity contribution in [3.05, 3.63) is 30.5 Å². The van der Waals surface area contributed by atoms with Gasteiger partial charge in [-0.2, -0.15) is 0 Å². The summed E-state index contributed by atoms with van der Waals surface area (Å²) >= 11 is 0. The highest BCUT2D eigenvalue weighted by Gasteiger charge is 2.44. The van der Waals surface area contributed by atoms with Crippen LogP contribution < -0.4 is 4.74 Å². The van der Waals surface area contributed by atoms with Crippen LogP contribution >= 0.6 is 0 Å². The van der Waals surface area contributed by atoms with Gasteiger partial charge < -0.3 is 29.9 Å². The van der Waals surface area contributed by atoms with Gasteiger partial charge in [-0.1, -0.05) is 12.1 Å². The molecule has 1 fully saturated rings. The van der Waals surface area contributed by atoms with Crippen molar-refractivity contribution in [1.29, 1.82) is 0 Å². The van der Waals surface area contributed by atoms with E-state index in [2.05, 4.69) is 0 Å². The van der Waals surface area contributed by atoms with Crippen molar-refractivity contribution in [2.75, 3.05) is 6.61 Å². The smallest absolute Gasteiger partial charge is 0.229 e. The zero-order chi connectivity index (χ0) is 17.4. The van der Waals surface area contributed by atoms with Crippen LogP contribution in [0.2, 0.25) is 0 Å². The number of aliphatic hydroxyl groups is 4. The predicted molar refractivity (Wildman–Crippen MR) is 82.6 cm³/mol. The number of carbonyl (C=O) groups excluding carboxylic acids is 1. The Balaban J connectivity index is 1.93. The Bertz CT molecular complexity index is 741. The summed E-state index contributed by atoms with van der Waals surface area (Å²) in [5.41, 5.74) is 0.629. The lowest BCUT2D eigenvalue weighted by molar-refractivity contribution is -0.277. The number of nitrogens with zero attached hydrogens (tertiary/aromatic N) is 1. The second-order valence-corrected chi connectivity index (χ2v) is 5.71. The number of hydrogen-bond acceptors (Lipinski definition) is 7. The van der Waals surface area contributed by atoms with Crippen molar-refractivity contribution in [2.24, 2.45) is 0 Å². The summed E-state index contributed by atoms with van der Waals surface area (Å²) in [5.74, 6) is 0.0694. The maximum atomic E-state index is 11.7. The molecule has 1 aliphatic heterocycles. The van der Waals surface area contributed by atoms with Gasteiger partial charge in [-0.25, -0.2) is 0 Å². The van der Waals surface area contributed by atoms with Crippen LogP contribution in [0, 0.1) is 0 Å². The number of hydrogen-bond donors (Lipinski definition) is 4. The Morgan fingerprint density at radius 3 is 2.58 bits per heavy atom. The van der Waals surface area contributed by atoms with Gasteiger partial charge in [0.25, 0.3) is 0 Å². The Morgan fingerprint density at radius 2 is 1.92 bits per heavy atom. The minimum absolute atomic E-state index is 0.213. The summed E-state index contributed by atoms with van der Waals surface area (Å²) in [6.45, 7) is 0.865. The number of rotatable bonds is 3. The standard InChI is InChI=1S/C16H19NO7/c1-8(19)17-6-11(9-4-2-3-5-10(9)17)23-16-15(22)14(21)13(20)12(7-18)24-16/h2-6,12-16,18,20-22H,7H2,1H3/t12-,13-,14-,15-,16-/m1/s1.